The van der Waals surface area contributed by atoms with Gasteiger partial charge >= 0.3 is 6.09 Å². The van der Waals surface area contributed by atoms with Crippen molar-refractivity contribution in [3.63, 3.8) is 0 Å². The van der Waals surface area contributed by atoms with Crippen LogP contribution >= 0.6 is 0 Å². The number of carbonyl (C=O) groups excluding carboxylic acids is 1. The number of aryl methyl sites for hydroxylation is 1. The second-order valence-electron chi connectivity index (χ2n) is 5.01. The number of benzene rings is 1. The first kappa shape index (κ1) is 17.0. The molecule has 2 rings (SSSR count). The van der Waals surface area contributed by atoms with Gasteiger partial charge in [-0.1, -0.05) is 24.3 Å². The number of aromatic nitrogens is 2. The smallest absolute Gasteiger partial charge is 0.408 e. The lowest BCUT2D eigenvalue weighted by Crippen LogP contribution is -2.29. The highest BCUT2D eigenvalue weighted by Gasteiger charge is 2.09. The SMILES string of the molecule is Cc1cnn(Cc2cccc(COC(=O)NCS(=O)(=O)O)c2)c1. The third-order valence-electron chi connectivity index (χ3n) is 2.87. The number of alkyl carbamates (subject to hydrolysis) is 1. The zero-order valence-electron chi connectivity index (χ0n) is 12.5. The molecule has 0 atom stereocenters. The quantitative estimate of drug-likeness (QED) is 0.768. The van der Waals surface area contributed by atoms with Crippen LogP contribution in [0.4, 0.5) is 4.79 Å². The molecule has 1 amide bonds. The molecule has 0 unspecified atom stereocenters. The van der Waals surface area contributed by atoms with Crippen molar-refractivity contribution < 1.29 is 22.5 Å². The number of amides is 1. The topological polar surface area (TPSA) is 111 Å². The molecule has 0 radical (unpaired) electrons. The number of ether oxygens (including phenoxy) is 1. The van der Waals surface area contributed by atoms with Gasteiger partial charge in [-0.2, -0.15) is 13.5 Å². The molecule has 0 saturated heterocycles. The number of carbonyl (C=O) groups is 1. The highest BCUT2D eigenvalue weighted by molar-refractivity contribution is 7.85. The molecule has 0 bridgehead atoms. The van der Waals surface area contributed by atoms with Gasteiger partial charge in [-0.25, -0.2) is 4.79 Å². The van der Waals surface area contributed by atoms with E-state index in [1.165, 1.54) is 0 Å². The van der Waals surface area contributed by atoms with Crippen molar-refractivity contribution in [2.24, 2.45) is 0 Å². The maximum Gasteiger partial charge on any atom is 0.408 e. The van der Waals surface area contributed by atoms with Crippen molar-refractivity contribution >= 4 is 16.2 Å². The summed E-state index contributed by atoms with van der Waals surface area (Å²) in [5.74, 6) is -0.884. The summed E-state index contributed by atoms with van der Waals surface area (Å²) in [7, 11) is -4.26. The van der Waals surface area contributed by atoms with Gasteiger partial charge in [0.15, 0.2) is 0 Å². The van der Waals surface area contributed by atoms with E-state index in [1.807, 2.05) is 36.6 Å². The van der Waals surface area contributed by atoms with E-state index in [2.05, 4.69) is 5.10 Å². The van der Waals surface area contributed by atoms with E-state index < -0.39 is 22.1 Å². The van der Waals surface area contributed by atoms with Gasteiger partial charge in [0.2, 0.25) is 0 Å². The van der Waals surface area contributed by atoms with Crippen LogP contribution in [0.25, 0.3) is 0 Å². The molecule has 1 aromatic heterocycles. The molecule has 0 fully saturated rings. The van der Waals surface area contributed by atoms with Gasteiger partial charge in [-0.05, 0) is 23.6 Å². The van der Waals surface area contributed by atoms with Crippen molar-refractivity contribution in [3.8, 4) is 0 Å². The van der Waals surface area contributed by atoms with Crippen LogP contribution < -0.4 is 5.32 Å². The fourth-order valence-electron chi connectivity index (χ4n) is 1.91. The van der Waals surface area contributed by atoms with E-state index in [-0.39, 0.29) is 6.61 Å². The minimum atomic E-state index is -4.26. The van der Waals surface area contributed by atoms with Crippen molar-refractivity contribution in [3.05, 3.63) is 53.3 Å². The van der Waals surface area contributed by atoms with Gasteiger partial charge in [0.25, 0.3) is 10.1 Å². The van der Waals surface area contributed by atoms with Gasteiger partial charge < -0.3 is 10.1 Å². The summed E-state index contributed by atoms with van der Waals surface area (Å²) >= 11 is 0. The molecule has 1 aromatic carbocycles. The molecule has 0 aliphatic rings. The summed E-state index contributed by atoms with van der Waals surface area (Å²) in [5, 5.41) is 6.14. The number of rotatable bonds is 6. The van der Waals surface area contributed by atoms with Gasteiger partial charge in [0.05, 0.1) is 12.7 Å². The van der Waals surface area contributed by atoms with Crippen LogP contribution in [0.1, 0.15) is 16.7 Å². The fourth-order valence-corrected chi connectivity index (χ4v) is 2.21. The number of hydrogen-bond donors (Lipinski definition) is 2. The Labute approximate surface area is 133 Å². The molecule has 124 valence electrons. The normalized spacial score (nSPS) is 11.2. The Bertz CT molecular complexity index is 785. The Morgan fingerprint density at radius 3 is 2.78 bits per heavy atom. The Balaban J connectivity index is 1.88. The lowest BCUT2D eigenvalue weighted by atomic mass is 10.1. The van der Waals surface area contributed by atoms with Gasteiger partial charge in [0, 0.05) is 6.20 Å². The van der Waals surface area contributed by atoms with Crippen molar-refractivity contribution in [1.29, 1.82) is 0 Å². The molecule has 0 aliphatic heterocycles. The predicted octanol–water partition coefficient (Wildman–Crippen LogP) is 1.31. The second-order valence-corrected chi connectivity index (χ2v) is 6.47. The second kappa shape index (κ2) is 7.25. The van der Waals surface area contributed by atoms with E-state index in [9.17, 15) is 13.2 Å². The van der Waals surface area contributed by atoms with Gasteiger partial charge in [0.1, 0.15) is 12.5 Å². The minimum Gasteiger partial charge on any atom is -0.445 e. The first-order chi connectivity index (χ1) is 10.8. The zero-order valence-corrected chi connectivity index (χ0v) is 13.3. The Morgan fingerprint density at radius 2 is 2.13 bits per heavy atom. The minimum absolute atomic E-state index is 0.0106. The maximum absolute atomic E-state index is 11.3. The van der Waals surface area contributed by atoms with Crippen LogP contribution in [0.5, 0.6) is 0 Å². The molecule has 2 aromatic rings. The molecule has 9 heteroatoms. The molecule has 1 heterocycles. The largest absolute Gasteiger partial charge is 0.445 e. The Morgan fingerprint density at radius 1 is 1.39 bits per heavy atom. The van der Waals surface area contributed by atoms with Crippen LogP contribution in [0.3, 0.4) is 0 Å². The number of hydrogen-bond acceptors (Lipinski definition) is 5. The van der Waals surface area contributed by atoms with Crippen molar-refractivity contribution in [2.75, 3.05) is 5.88 Å². The molecule has 8 nitrogen and oxygen atoms in total. The Hall–Kier alpha value is -2.39. The van der Waals surface area contributed by atoms with Crippen LogP contribution in [0.2, 0.25) is 0 Å². The summed E-state index contributed by atoms with van der Waals surface area (Å²) in [6.07, 6.45) is 2.77. The highest BCUT2D eigenvalue weighted by Crippen LogP contribution is 2.09. The standard InChI is InChI=1S/C14H17N3O5S/c1-11-6-16-17(7-11)8-12-3-2-4-13(5-12)9-22-14(18)15-10-23(19,20)21/h2-7H,8-10H2,1H3,(H,15,18)(H,19,20,21). The Kier molecular flexibility index (Phi) is 5.35. The summed E-state index contributed by atoms with van der Waals surface area (Å²) < 4.78 is 36.2. The molecule has 2 N–H and O–H groups in total. The summed E-state index contributed by atoms with van der Waals surface area (Å²) in [6.45, 7) is 2.54. The van der Waals surface area contributed by atoms with Crippen molar-refractivity contribution in [1.82, 2.24) is 15.1 Å². The van der Waals surface area contributed by atoms with Gasteiger partial charge in [-0.15, -0.1) is 0 Å². The highest BCUT2D eigenvalue weighted by atomic mass is 32.2. The lowest BCUT2D eigenvalue weighted by Gasteiger charge is -2.08. The first-order valence-corrected chi connectivity index (χ1v) is 8.35. The molecular formula is C14H17N3O5S. The van der Waals surface area contributed by atoms with Gasteiger partial charge in [-0.3, -0.25) is 9.23 Å². The summed E-state index contributed by atoms with van der Waals surface area (Å²) in [4.78, 5) is 11.3. The molecule has 23 heavy (non-hydrogen) atoms. The number of nitrogens with zero attached hydrogens (tertiary/aromatic N) is 2. The molecule has 0 saturated carbocycles. The van der Waals surface area contributed by atoms with E-state index in [1.54, 1.807) is 16.9 Å². The molecular weight excluding hydrogens is 322 g/mol. The van der Waals surface area contributed by atoms with Crippen molar-refractivity contribution in [2.45, 2.75) is 20.1 Å². The third-order valence-corrected chi connectivity index (χ3v) is 3.38. The summed E-state index contributed by atoms with van der Waals surface area (Å²) in [6, 6.07) is 7.42. The predicted molar refractivity (Wildman–Crippen MR) is 82.2 cm³/mol. The van der Waals surface area contributed by atoms with Crippen LogP contribution in [0.15, 0.2) is 36.7 Å². The van der Waals surface area contributed by atoms with E-state index >= 15 is 0 Å². The average Bonchev–Trinajstić information content (AvgIpc) is 2.88. The van der Waals surface area contributed by atoms with E-state index in [0.29, 0.717) is 6.54 Å². The summed E-state index contributed by atoms with van der Waals surface area (Å²) in [5.41, 5.74) is 2.82. The van der Waals surface area contributed by atoms with Crippen LogP contribution in [0, 0.1) is 6.92 Å². The van der Waals surface area contributed by atoms with E-state index in [0.717, 1.165) is 16.7 Å². The maximum atomic E-state index is 11.3. The zero-order chi connectivity index (χ0) is 16.9. The van der Waals surface area contributed by atoms with Crippen LogP contribution in [-0.4, -0.2) is 34.7 Å². The monoisotopic (exact) mass is 339 g/mol. The average molecular weight is 339 g/mol. The first-order valence-electron chi connectivity index (χ1n) is 6.74. The lowest BCUT2D eigenvalue weighted by molar-refractivity contribution is 0.141. The van der Waals surface area contributed by atoms with E-state index in [4.69, 9.17) is 9.29 Å². The fraction of sp³-hybridized carbons (Fsp3) is 0.286. The molecule has 0 spiro atoms. The van der Waals surface area contributed by atoms with Crippen LogP contribution in [-0.2, 0) is 28.0 Å². The molecule has 0 aliphatic carbocycles. The third kappa shape index (κ3) is 6.09. The number of nitrogens with one attached hydrogen (secondary N) is 1.